The van der Waals surface area contributed by atoms with Gasteiger partial charge in [0.1, 0.15) is 0 Å². The molecule has 0 aliphatic heterocycles. The molecule has 16 heavy (non-hydrogen) atoms. The molecule has 0 spiro atoms. The first-order valence-corrected chi connectivity index (χ1v) is 7.07. The summed E-state index contributed by atoms with van der Waals surface area (Å²) >= 11 is 0. The number of aryl methyl sites for hydroxylation is 1. The minimum atomic E-state index is -3.18. The molecule has 0 fully saturated rings. The van der Waals surface area contributed by atoms with Crippen LogP contribution in [-0.4, -0.2) is 19.4 Å². The highest BCUT2D eigenvalue weighted by atomic mass is 32.2. The Bertz CT molecular complexity index is 460. The van der Waals surface area contributed by atoms with Gasteiger partial charge in [-0.1, -0.05) is 29.8 Å². The molecule has 1 aromatic rings. The zero-order valence-electron chi connectivity index (χ0n) is 10.2. The lowest BCUT2D eigenvalue weighted by Crippen LogP contribution is -2.42. The van der Waals surface area contributed by atoms with E-state index in [1.165, 1.54) is 6.26 Å². The highest BCUT2D eigenvalue weighted by Crippen LogP contribution is 2.30. The van der Waals surface area contributed by atoms with Crippen molar-refractivity contribution >= 4 is 9.84 Å². The number of hydrogen-bond donors (Lipinski definition) is 1. The van der Waals surface area contributed by atoms with Crippen LogP contribution < -0.4 is 5.73 Å². The molecule has 90 valence electrons. The number of nitrogens with two attached hydrogens (primary N) is 1. The normalized spacial score (nSPS) is 14.8. The lowest BCUT2D eigenvalue weighted by molar-refractivity contribution is 0.496. The van der Waals surface area contributed by atoms with Gasteiger partial charge in [-0.3, -0.25) is 0 Å². The fraction of sp³-hybridized carbons (Fsp3) is 0.500. The fourth-order valence-electron chi connectivity index (χ4n) is 1.41. The quantitative estimate of drug-likeness (QED) is 0.878. The molecule has 0 amide bonds. The van der Waals surface area contributed by atoms with E-state index in [0.29, 0.717) is 0 Å². The second kappa shape index (κ2) is 4.18. The van der Waals surface area contributed by atoms with Crippen LogP contribution >= 0.6 is 0 Å². The van der Waals surface area contributed by atoms with E-state index in [1.807, 2.05) is 31.2 Å². The van der Waals surface area contributed by atoms with E-state index in [9.17, 15) is 8.42 Å². The summed E-state index contributed by atoms with van der Waals surface area (Å²) < 4.78 is 22.4. The zero-order valence-corrected chi connectivity index (χ0v) is 11.0. The maximum atomic E-state index is 11.7. The maximum absolute atomic E-state index is 11.7. The Kier molecular flexibility index (Phi) is 3.45. The van der Waals surface area contributed by atoms with Gasteiger partial charge in [-0.05, 0) is 26.3 Å². The maximum Gasteiger partial charge on any atom is 0.154 e. The molecule has 0 heterocycles. The number of rotatable bonds is 3. The average molecular weight is 241 g/mol. The molecule has 1 rings (SSSR count). The van der Waals surface area contributed by atoms with E-state index >= 15 is 0 Å². The predicted molar refractivity (Wildman–Crippen MR) is 67.0 cm³/mol. The third-order valence-electron chi connectivity index (χ3n) is 3.14. The summed E-state index contributed by atoms with van der Waals surface area (Å²) in [4.78, 5) is 0. The standard InChI is InChI=1S/C12H19NO2S/c1-9-5-7-10(8-6-9)11(13)12(2,3)16(4,14)15/h5-8,11H,13H2,1-4H3. The van der Waals surface area contributed by atoms with Crippen molar-refractivity contribution in [2.45, 2.75) is 31.6 Å². The number of sulfone groups is 1. The van der Waals surface area contributed by atoms with Gasteiger partial charge in [0, 0.05) is 12.3 Å². The fourth-order valence-corrected chi connectivity index (χ4v) is 2.00. The van der Waals surface area contributed by atoms with Crippen molar-refractivity contribution in [2.75, 3.05) is 6.26 Å². The van der Waals surface area contributed by atoms with Crippen molar-refractivity contribution in [3.05, 3.63) is 35.4 Å². The Morgan fingerprint density at radius 2 is 1.62 bits per heavy atom. The second-order valence-corrected chi connectivity index (χ2v) is 7.36. The van der Waals surface area contributed by atoms with E-state index in [0.717, 1.165) is 11.1 Å². The van der Waals surface area contributed by atoms with Gasteiger partial charge in [-0.15, -0.1) is 0 Å². The molecule has 1 aromatic carbocycles. The van der Waals surface area contributed by atoms with Crippen molar-refractivity contribution in [1.29, 1.82) is 0 Å². The van der Waals surface area contributed by atoms with Crippen LogP contribution in [0.2, 0.25) is 0 Å². The van der Waals surface area contributed by atoms with Gasteiger partial charge >= 0.3 is 0 Å². The average Bonchev–Trinajstić information content (AvgIpc) is 2.16. The molecule has 0 aromatic heterocycles. The third kappa shape index (κ3) is 2.44. The smallest absolute Gasteiger partial charge is 0.154 e. The monoisotopic (exact) mass is 241 g/mol. The summed E-state index contributed by atoms with van der Waals surface area (Å²) in [6, 6.07) is 7.13. The first-order valence-electron chi connectivity index (χ1n) is 5.18. The van der Waals surface area contributed by atoms with Crippen LogP contribution in [0.25, 0.3) is 0 Å². The zero-order chi connectivity index (χ0) is 12.6. The van der Waals surface area contributed by atoms with Crippen molar-refractivity contribution in [1.82, 2.24) is 0 Å². The van der Waals surface area contributed by atoms with Crippen LogP contribution in [0, 0.1) is 6.92 Å². The van der Waals surface area contributed by atoms with Crippen LogP contribution in [0.5, 0.6) is 0 Å². The van der Waals surface area contributed by atoms with E-state index in [4.69, 9.17) is 5.73 Å². The summed E-state index contributed by atoms with van der Waals surface area (Å²) in [5.74, 6) is 0. The molecule has 1 unspecified atom stereocenters. The van der Waals surface area contributed by atoms with Gasteiger partial charge in [0.05, 0.1) is 4.75 Å². The molecule has 0 bridgehead atoms. The molecule has 3 nitrogen and oxygen atoms in total. The van der Waals surface area contributed by atoms with E-state index in [-0.39, 0.29) is 0 Å². The predicted octanol–water partition coefficient (Wildman–Crippen LogP) is 1.82. The van der Waals surface area contributed by atoms with E-state index in [1.54, 1.807) is 13.8 Å². The van der Waals surface area contributed by atoms with Crippen molar-refractivity contribution in [2.24, 2.45) is 5.73 Å². The van der Waals surface area contributed by atoms with Gasteiger partial charge in [-0.25, -0.2) is 8.42 Å². The molecule has 1 atom stereocenters. The highest BCUT2D eigenvalue weighted by molar-refractivity contribution is 7.92. The lowest BCUT2D eigenvalue weighted by atomic mass is 9.95. The van der Waals surface area contributed by atoms with Crippen LogP contribution in [-0.2, 0) is 9.84 Å². The third-order valence-corrected chi connectivity index (χ3v) is 5.31. The second-order valence-electron chi connectivity index (χ2n) is 4.76. The Labute approximate surface area is 97.6 Å². The molecule has 0 saturated heterocycles. The summed E-state index contributed by atoms with van der Waals surface area (Å²) in [5, 5.41) is 0. The minimum absolute atomic E-state index is 0.511. The van der Waals surface area contributed by atoms with Gasteiger partial charge in [0.15, 0.2) is 9.84 Å². The van der Waals surface area contributed by atoms with E-state index in [2.05, 4.69) is 0 Å². The van der Waals surface area contributed by atoms with Gasteiger partial charge < -0.3 is 5.73 Å². The largest absolute Gasteiger partial charge is 0.323 e. The molecule has 4 heteroatoms. The van der Waals surface area contributed by atoms with Crippen molar-refractivity contribution in [3.8, 4) is 0 Å². The van der Waals surface area contributed by atoms with Crippen molar-refractivity contribution < 1.29 is 8.42 Å². The van der Waals surface area contributed by atoms with Crippen LogP contribution in [0.4, 0.5) is 0 Å². The summed E-state index contributed by atoms with van der Waals surface area (Å²) in [6.45, 7) is 5.30. The summed E-state index contributed by atoms with van der Waals surface area (Å²) in [6.07, 6.45) is 1.22. The van der Waals surface area contributed by atoms with Gasteiger partial charge in [-0.2, -0.15) is 0 Å². The molecular weight excluding hydrogens is 222 g/mol. The van der Waals surface area contributed by atoms with Crippen LogP contribution in [0.1, 0.15) is 31.0 Å². The lowest BCUT2D eigenvalue weighted by Gasteiger charge is -2.30. The molecule has 0 aliphatic carbocycles. The number of hydrogen-bond acceptors (Lipinski definition) is 3. The summed E-state index contributed by atoms with van der Waals surface area (Å²) in [5.41, 5.74) is 8.01. The Hall–Kier alpha value is -0.870. The Morgan fingerprint density at radius 1 is 1.19 bits per heavy atom. The van der Waals surface area contributed by atoms with Gasteiger partial charge in [0.25, 0.3) is 0 Å². The highest BCUT2D eigenvalue weighted by Gasteiger charge is 2.37. The molecular formula is C12H19NO2S. The first-order chi connectivity index (χ1) is 7.16. The minimum Gasteiger partial charge on any atom is -0.323 e. The SMILES string of the molecule is Cc1ccc(C(N)C(C)(C)S(C)(=O)=O)cc1. The Balaban J connectivity index is 3.12. The first kappa shape index (κ1) is 13.2. The van der Waals surface area contributed by atoms with E-state index < -0.39 is 20.6 Å². The van der Waals surface area contributed by atoms with Gasteiger partial charge in [0.2, 0.25) is 0 Å². The van der Waals surface area contributed by atoms with Crippen LogP contribution in [0.15, 0.2) is 24.3 Å². The number of benzene rings is 1. The topological polar surface area (TPSA) is 60.2 Å². The van der Waals surface area contributed by atoms with Crippen molar-refractivity contribution in [3.63, 3.8) is 0 Å². The summed E-state index contributed by atoms with van der Waals surface area (Å²) in [7, 11) is -3.18. The van der Waals surface area contributed by atoms with Crippen LogP contribution in [0.3, 0.4) is 0 Å². The molecule has 0 aliphatic rings. The molecule has 0 radical (unpaired) electrons. The molecule has 2 N–H and O–H groups in total. The molecule has 0 saturated carbocycles. The Morgan fingerprint density at radius 3 is 2.00 bits per heavy atom.